The molecule has 1 aliphatic rings. The first-order valence-corrected chi connectivity index (χ1v) is 12.8. The van der Waals surface area contributed by atoms with E-state index in [9.17, 15) is 9.59 Å². The Bertz CT molecular complexity index is 465. The lowest BCUT2D eigenvalue weighted by atomic mass is 10.0. The molecular weight excluding hydrogens is 423 g/mol. The number of hydrogen-bond acceptors (Lipinski definition) is 4. The lowest BCUT2D eigenvalue weighted by molar-refractivity contribution is -0.158. The van der Waals surface area contributed by atoms with Gasteiger partial charge >= 0.3 is 11.9 Å². The average molecular weight is 452 g/mol. The van der Waals surface area contributed by atoms with Crippen molar-refractivity contribution < 1.29 is 19.1 Å². The summed E-state index contributed by atoms with van der Waals surface area (Å²) >= 11 is 1.91. The highest BCUT2D eigenvalue weighted by molar-refractivity contribution is 14.1. The quantitative estimate of drug-likeness (QED) is 0.129. The smallest absolute Gasteiger partial charge is 0.333 e. The number of hydrogen-bond donors (Lipinski definition) is 0. The van der Waals surface area contributed by atoms with Crippen molar-refractivity contribution in [3.8, 4) is 0 Å². The van der Waals surface area contributed by atoms with Crippen LogP contribution in [0.3, 0.4) is 0 Å². The van der Waals surface area contributed by atoms with Gasteiger partial charge in [0.25, 0.3) is 0 Å². The van der Waals surface area contributed by atoms with E-state index in [0.717, 1.165) is 19.3 Å². The van der Waals surface area contributed by atoms with Crippen molar-refractivity contribution in [1.29, 1.82) is 0 Å². The molecule has 1 fully saturated rings. The molecule has 1 aliphatic carbocycles. The molecule has 0 aromatic heterocycles. The molecule has 1 unspecified atom stereocenters. The van der Waals surface area contributed by atoms with Gasteiger partial charge in [0.05, 0.1) is 21.3 Å². The first-order valence-electron chi connectivity index (χ1n) is 8.26. The van der Waals surface area contributed by atoms with Gasteiger partial charge in [-0.3, -0.25) is 0 Å². The van der Waals surface area contributed by atoms with Gasteiger partial charge in [-0.2, -0.15) is 0 Å². The monoisotopic (exact) mass is 452 g/mol. The Balaban J connectivity index is 2.78. The number of ether oxygens (including phenoxy) is 2. The number of esters is 2. The van der Waals surface area contributed by atoms with Crippen molar-refractivity contribution in [1.82, 2.24) is 0 Å². The molecule has 0 aromatic carbocycles. The molecule has 0 aromatic rings. The topological polar surface area (TPSA) is 52.6 Å². The maximum absolute atomic E-state index is 12.3. The normalized spacial score (nSPS) is 21.0. The van der Waals surface area contributed by atoms with Crippen molar-refractivity contribution >= 4 is 42.6 Å². The molecule has 0 bridgehead atoms. The van der Waals surface area contributed by atoms with E-state index in [0.29, 0.717) is 6.42 Å². The highest BCUT2D eigenvalue weighted by atomic mass is 127. The second kappa shape index (κ2) is 7.67. The van der Waals surface area contributed by atoms with Crippen LogP contribution in [0.15, 0.2) is 12.2 Å². The minimum atomic E-state index is -1.35. The predicted molar refractivity (Wildman–Crippen MR) is 104 cm³/mol. The fraction of sp³-hybridized carbons (Fsp3) is 0.765. The lowest BCUT2D eigenvalue weighted by Gasteiger charge is -2.30. The zero-order valence-electron chi connectivity index (χ0n) is 15.0. The van der Waals surface area contributed by atoms with Gasteiger partial charge in [-0.1, -0.05) is 60.8 Å². The third kappa shape index (κ3) is 4.38. The summed E-state index contributed by atoms with van der Waals surface area (Å²) in [5, 5.41) is 0.272. The standard InChI is InChI=1S/C17H29IO4Si/c1-7-21-14(19)17(18,15(20)22-8-2)11-9-10-16(12-13(16)3)23(4,5)6/h3,7-12H2,1-2,4-6H3. The Morgan fingerprint density at radius 3 is 1.96 bits per heavy atom. The number of carbonyl (C=O) groups is 2. The molecule has 23 heavy (non-hydrogen) atoms. The fourth-order valence-corrected chi connectivity index (χ4v) is 6.59. The van der Waals surface area contributed by atoms with E-state index in [1.807, 2.05) is 22.6 Å². The summed E-state index contributed by atoms with van der Waals surface area (Å²) in [5.74, 6) is -0.980. The van der Waals surface area contributed by atoms with E-state index in [4.69, 9.17) is 9.47 Å². The third-order valence-corrected chi connectivity index (χ3v) is 9.90. The number of rotatable bonds is 9. The summed E-state index contributed by atoms with van der Waals surface area (Å²) in [7, 11) is -1.35. The van der Waals surface area contributed by atoms with Crippen LogP contribution in [-0.2, 0) is 19.1 Å². The van der Waals surface area contributed by atoms with Gasteiger partial charge in [0, 0.05) is 0 Å². The summed E-state index contributed by atoms with van der Waals surface area (Å²) < 4.78 is 8.97. The first-order chi connectivity index (χ1) is 10.5. The summed E-state index contributed by atoms with van der Waals surface area (Å²) in [4.78, 5) is 24.5. The molecule has 1 rings (SSSR count). The molecule has 1 saturated carbocycles. The van der Waals surface area contributed by atoms with Gasteiger partial charge in [0.15, 0.2) is 0 Å². The molecule has 0 saturated heterocycles. The highest BCUT2D eigenvalue weighted by Gasteiger charge is 2.56. The van der Waals surface area contributed by atoms with Gasteiger partial charge in [-0.25, -0.2) is 9.59 Å². The zero-order valence-corrected chi connectivity index (χ0v) is 18.1. The lowest BCUT2D eigenvalue weighted by Crippen LogP contribution is -2.43. The van der Waals surface area contributed by atoms with Crippen molar-refractivity contribution in [2.75, 3.05) is 13.2 Å². The number of carbonyl (C=O) groups excluding carboxylic acids is 2. The van der Waals surface area contributed by atoms with E-state index >= 15 is 0 Å². The number of alkyl halides is 1. The zero-order chi connectivity index (χ0) is 17.9. The highest BCUT2D eigenvalue weighted by Crippen LogP contribution is 2.67. The van der Waals surface area contributed by atoms with Gasteiger partial charge in [-0.15, -0.1) is 0 Å². The summed E-state index contributed by atoms with van der Waals surface area (Å²) in [6.07, 6.45) is 3.33. The molecule has 0 radical (unpaired) electrons. The van der Waals surface area contributed by atoms with Crippen LogP contribution >= 0.6 is 22.6 Å². The van der Waals surface area contributed by atoms with Gasteiger partial charge in [0.1, 0.15) is 0 Å². The Labute approximate surface area is 154 Å². The molecular formula is C17H29IO4Si. The molecule has 4 nitrogen and oxygen atoms in total. The molecule has 0 amide bonds. The van der Waals surface area contributed by atoms with Crippen LogP contribution < -0.4 is 0 Å². The predicted octanol–water partition coefficient (Wildman–Crippen LogP) is 4.50. The molecule has 6 heteroatoms. The second-order valence-electron chi connectivity index (χ2n) is 7.21. The summed E-state index contributed by atoms with van der Waals surface area (Å²) in [6.45, 7) is 15.3. The van der Waals surface area contributed by atoms with Gasteiger partial charge in [-0.05, 0) is 38.1 Å². The second-order valence-corrected chi connectivity index (χ2v) is 14.5. The molecule has 0 heterocycles. The SMILES string of the molecule is C=C1CC1(CCCC(I)(C(=O)OCC)C(=O)OCC)[Si](C)(C)C. The van der Waals surface area contributed by atoms with Crippen molar-refractivity contribution in [2.45, 2.75) is 67.6 Å². The van der Waals surface area contributed by atoms with Crippen LogP contribution in [0.2, 0.25) is 24.7 Å². The van der Waals surface area contributed by atoms with Crippen LogP contribution in [0.5, 0.6) is 0 Å². The Morgan fingerprint density at radius 1 is 1.22 bits per heavy atom. The molecule has 0 N–H and O–H groups in total. The van der Waals surface area contributed by atoms with Crippen molar-refractivity contribution in [3.63, 3.8) is 0 Å². The van der Waals surface area contributed by atoms with Crippen LogP contribution in [0, 0.1) is 0 Å². The molecule has 0 spiro atoms. The van der Waals surface area contributed by atoms with Crippen LogP contribution in [0.4, 0.5) is 0 Å². The van der Waals surface area contributed by atoms with Crippen molar-refractivity contribution in [3.05, 3.63) is 12.2 Å². The molecule has 1 atom stereocenters. The van der Waals surface area contributed by atoms with E-state index < -0.39 is 23.4 Å². The van der Waals surface area contributed by atoms with Crippen LogP contribution in [0.1, 0.15) is 39.5 Å². The average Bonchev–Trinajstić information content (AvgIpc) is 3.10. The fourth-order valence-electron chi connectivity index (χ4n) is 3.17. The Hall–Kier alpha value is -0.373. The number of allylic oxidation sites excluding steroid dienone is 1. The Morgan fingerprint density at radius 2 is 1.65 bits per heavy atom. The van der Waals surface area contributed by atoms with Gasteiger partial charge in [0.2, 0.25) is 3.42 Å². The van der Waals surface area contributed by atoms with Crippen molar-refractivity contribution in [2.24, 2.45) is 0 Å². The van der Waals surface area contributed by atoms with E-state index in [1.165, 1.54) is 5.57 Å². The first kappa shape index (κ1) is 20.7. The molecule has 132 valence electrons. The minimum absolute atomic E-state index is 0.263. The Kier molecular flexibility index (Phi) is 6.90. The van der Waals surface area contributed by atoms with Crippen LogP contribution in [0.25, 0.3) is 0 Å². The summed E-state index contributed by atoms with van der Waals surface area (Å²) in [5.41, 5.74) is 1.34. The van der Waals surface area contributed by atoms with E-state index in [2.05, 4.69) is 26.2 Å². The maximum atomic E-state index is 12.3. The summed E-state index contributed by atoms with van der Waals surface area (Å²) in [6, 6.07) is 0. The van der Waals surface area contributed by atoms with E-state index in [-0.39, 0.29) is 18.3 Å². The third-order valence-electron chi connectivity index (χ3n) is 4.83. The minimum Gasteiger partial charge on any atom is -0.465 e. The number of halogens is 1. The van der Waals surface area contributed by atoms with Crippen LogP contribution in [-0.4, -0.2) is 36.6 Å². The van der Waals surface area contributed by atoms with Gasteiger partial charge < -0.3 is 9.47 Å². The maximum Gasteiger partial charge on any atom is 0.333 e. The van der Waals surface area contributed by atoms with E-state index in [1.54, 1.807) is 13.8 Å². The molecule has 0 aliphatic heterocycles. The largest absolute Gasteiger partial charge is 0.465 e.